The summed E-state index contributed by atoms with van der Waals surface area (Å²) in [6.45, 7) is 1.81. The van der Waals surface area contributed by atoms with Crippen molar-refractivity contribution in [1.82, 2.24) is 4.57 Å². The van der Waals surface area contributed by atoms with Crippen LogP contribution in [0.3, 0.4) is 0 Å². The van der Waals surface area contributed by atoms with Crippen molar-refractivity contribution in [3.05, 3.63) is 38.9 Å². The van der Waals surface area contributed by atoms with E-state index in [1.807, 2.05) is 0 Å². The van der Waals surface area contributed by atoms with Crippen molar-refractivity contribution in [2.75, 3.05) is 0 Å². The summed E-state index contributed by atoms with van der Waals surface area (Å²) in [5, 5.41) is 18.4. The minimum atomic E-state index is -1.45. The molecule has 0 amide bonds. The van der Waals surface area contributed by atoms with Gasteiger partial charge in [0.1, 0.15) is 5.82 Å². The molecule has 2 aromatic rings. The minimum absolute atomic E-state index is 0.119. The van der Waals surface area contributed by atoms with E-state index in [1.54, 1.807) is 6.92 Å². The van der Waals surface area contributed by atoms with Gasteiger partial charge in [0.25, 0.3) is 0 Å². The number of aromatic nitrogens is 1. The molecule has 5 nitrogen and oxygen atoms in total. The first-order chi connectivity index (χ1) is 8.88. The first-order valence-corrected chi connectivity index (χ1v) is 5.74. The molecule has 0 atom stereocenters. The maximum absolute atomic E-state index is 13.4. The van der Waals surface area contributed by atoms with Crippen LogP contribution in [0.5, 0.6) is 5.75 Å². The zero-order valence-corrected chi connectivity index (χ0v) is 10.5. The Balaban J connectivity index is 3.09. The standard InChI is InChI=1S/C12H9ClFNO4/c1-2-15-8-4-6(13)7(14)3-5(8)10(16)11(17)9(15)12(18)19/h3-4,17H,2H2,1H3,(H,18,19). The number of nitrogens with zero attached hydrogens (tertiary/aromatic N) is 1. The van der Waals surface area contributed by atoms with Crippen LogP contribution in [0.2, 0.25) is 5.02 Å². The van der Waals surface area contributed by atoms with Gasteiger partial charge in [-0.05, 0) is 19.1 Å². The summed E-state index contributed by atoms with van der Waals surface area (Å²) < 4.78 is 14.6. The number of benzene rings is 1. The molecule has 0 spiro atoms. The third-order valence-corrected chi connectivity index (χ3v) is 3.09. The molecule has 0 saturated carbocycles. The molecule has 0 aliphatic carbocycles. The Morgan fingerprint density at radius 3 is 2.63 bits per heavy atom. The largest absolute Gasteiger partial charge is 0.502 e. The number of halogens is 2. The van der Waals surface area contributed by atoms with Gasteiger partial charge < -0.3 is 14.8 Å². The van der Waals surface area contributed by atoms with E-state index in [0.29, 0.717) is 0 Å². The molecular weight excluding hydrogens is 277 g/mol. The minimum Gasteiger partial charge on any atom is -0.502 e. The SMILES string of the molecule is CCn1c(C(=O)O)c(O)c(=O)c2cc(F)c(Cl)cc21. The van der Waals surface area contributed by atoms with E-state index in [1.165, 1.54) is 10.6 Å². The Hall–Kier alpha value is -2.08. The fraction of sp³-hybridized carbons (Fsp3) is 0.167. The van der Waals surface area contributed by atoms with Crippen LogP contribution >= 0.6 is 11.6 Å². The van der Waals surface area contributed by atoms with Crippen molar-refractivity contribution in [1.29, 1.82) is 0 Å². The monoisotopic (exact) mass is 285 g/mol. The summed E-state index contributed by atoms with van der Waals surface area (Å²) >= 11 is 5.64. The van der Waals surface area contributed by atoms with Crippen LogP contribution < -0.4 is 5.43 Å². The summed E-state index contributed by atoms with van der Waals surface area (Å²) in [6, 6.07) is 2.06. The van der Waals surface area contributed by atoms with Gasteiger partial charge in [-0.15, -0.1) is 0 Å². The molecular formula is C12H9ClFNO4. The quantitative estimate of drug-likeness (QED) is 0.886. The Morgan fingerprint density at radius 2 is 2.11 bits per heavy atom. The van der Waals surface area contributed by atoms with Gasteiger partial charge in [0.05, 0.1) is 15.9 Å². The van der Waals surface area contributed by atoms with Crippen molar-refractivity contribution < 1.29 is 19.4 Å². The lowest BCUT2D eigenvalue weighted by molar-refractivity contribution is 0.0681. The number of hydrogen-bond donors (Lipinski definition) is 2. The van der Waals surface area contributed by atoms with Gasteiger partial charge in [-0.1, -0.05) is 11.6 Å². The van der Waals surface area contributed by atoms with Gasteiger partial charge in [-0.3, -0.25) is 4.79 Å². The van der Waals surface area contributed by atoms with Crippen molar-refractivity contribution in [2.24, 2.45) is 0 Å². The first kappa shape index (κ1) is 13.4. The molecule has 2 rings (SSSR count). The number of aromatic hydroxyl groups is 1. The van der Waals surface area contributed by atoms with Crippen LogP contribution in [0.25, 0.3) is 10.9 Å². The predicted octanol–water partition coefficient (Wildman–Crippen LogP) is 2.22. The average Bonchev–Trinajstić information content (AvgIpc) is 2.35. The Morgan fingerprint density at radius 1 is 1.47 bits per heavy atom. The summed E-state index contributed by atoms with van der Waals surface area (Å²) in [4.78, 5) is 23.0. The molecule has 0 saturated heterocycles. The lowest BCUT2D eigenvalue weighted by Gasteiger charge is -2.14. The number of carboxylic acid groups (broad SMARTS) is 1. The molecule has 0 aliphatic heterocycles. The normalized spacial score (nSPS) is 10.9. The fourth-order valence-electron chi connectivity index (χ4n) is 1.97. The van der Waals surface area contributed by atoms with Crippen LogP contribution in [-0.2, 0) is 6.54 Å². The van der Waals surface area contributed by atoms with Crippen LogP contribution in [0.15, 0.2) is 16.9 Å². The molecule has 2 N–H and O–H groups in total. The van der Waals surface area contributed by atoms with Crippen LogP contribution in [0, 0.1) is 5.82 Å². The fourth-order valence-corrected chi connectivity index (χ4v) is 2.13. The number of carbonyl (C=O) groups is 1. The Kier molecular flexibility index (Phi) is 3.20. The third kappa shape index (κ3) is 1.94. The number of carboxylic acids is 1. The molecule has 1 aromatic heterocycles. The van der Waals surface area contributed by atoms with Gasteiger partial charge in [0.15, 0.2) is 11.4 Å². The average molecular weight is 286 g/mol. The topological polar surface area (TPSA) is 79.5 Å². The molecule has 0 fully saturated rings. The van der Waals surface area contributed by atoms with Gasteiger partial charge in [0.2, 0.25) is 5.43 Å². The second-order valence-electron chi connectivity index (χ2n) is 3.86. The number of aromatic carboxylic acids is 1. The summed E-state index contributed by atoms with van der Waals surface area (Å²) in [6.07, 6.45) is 0. The lowest BCUT2D eigenvalue weighted by Crippen LogP contribution is -2.18. The van der Waals surface area contributed by atoms with E-state index in [2.05, 4.69) is 0 Å². The summed E-state index contributed by atoms with van der Waals surface area (Å²) in [7, 11) is 0. The van der Waals surface area contributed by atoms with Crippen LogP contribution in [-0.4, -0.2) is 20.7 Å². The smallest absolute Gasteiger partial charge is 0.356 e. The summed E-state index contributed by atoms with van der Waals surface area (Å²) in [5.41, 5.74) is -1.32. The van der Waals surface area contributed by atoms with E-state index in [0.717, 1.165) is 6.07 Å². The Bertz CT molecular complexity index is 754. The molecule has 0 radical (unpaired) electrons. The molecule has 7 heteroatoms. The molecule has 0 aliphatic rings. The molecule has 0 unspecified atom stereocenters. The molecule has 100 valence electrons. The van der Waals surface area contributed by atoms with Crippen molar-refractivity contribution in [3.63, 3.8) is 0 Å². The zero-order valence-electron chi connectivity index (χ0n) is 9.78. The van der Waals surface area contributed by atoms with Crippen LogP contribution in [0.4, 0.5) is 4.39 Å². The second-order valence-corrected chi connectivity index (χ2v) is 4.27. The Labute approximate surface area is 111 Å². The lowest BCUT2D eigenvalue weighted by atomic mass is 10.1. The highest BCUT2D eigenvalue weighted by Gasteiger charge is 2.21. The van der Waals surface area contributed by atoms with Crippen molar-refractivity contribution in [3.8, 4) is 5.75 Å². The molecule has 0 bridgehead atoms. The van der Waals surface area contributed by atoms with Crippen molar-refractivity contribution >= 4 is 28.5 Å². The van der Waals surface area contributed by atoms with Crippen molar-refractivity contribution in [2.45, 2.75) is 13.5 Å². The van der Waals surface area contributed by atoms with E-state index in [-0.39, 0.29) is 22.5 Å². The summed E-state index contributed by atoms with van der Waals surface area (Å²) in [5.74, 6) is -3.17. The van der Waals surface area contributed by atoms with Gasteiger partial charge in [-0.2, -0.15) is 0 Å². The van der Waals surface area contributed by atoms with Gasteiger partial charge >= 0.3 is 5.97 Å². The van der Waals surface area contributed by atoms with Gasteiger partial charge in [0, 0.05) is 6.54 Å². The number of hydrogen-bond acceptors (Lipinski definition) is 3. The van der Waals surface area contributed by atoms with E-state index < -0.39 is 28.7 Å². The zero-order chi connectivity index (χ0) is 14.3. The van der Waals surface area contributed by atoms with E-state index in [9.17, 15) is 19.1 Å². The molecule has 19 heavy (non-hydrogen) atoms. The van der Waals surface area contributed by atoms with Gasteiger partial charge in [-0.25, -0.2) is 9.18 Å². The first-order valence-electron chi connectivity index (χ1n) is 5.36. The molecule has 1 heterocycles. The highest BCUT2D eigenvalue weighted by atomic mass is 35.5. The highest BCUT2D eigenvalue weighted by Crippen LogP contribution is 2.25. The number of fused-ring (bicyclic) bond motifs is 1. The van der Waals surface area contributed by atoms with Crippen LogP contribution in [0.1, 0.15) is 17.4 Å². The number of aryl methyl sites for hydroxylation is 1. The third-order valence-electron chi connectivity index (χ3n) is 2.80. The highest BCUT2D eigenvalue weighted by molar-refractivity contribution is 6.31. The second kappa shape index (κ2) is 4.55. The van der Waals surface area contributed by atoms with E-state index >= 15 is 0 Å². The predicted molar refractivity (Wildman–Crippen MR) is 67.5 cm³/mol. The number of rotatable bonds is 2. The van der Waals surface area contributed by atoms with E-state index in [4.69, 9.17) is 16.7 Å². The maximum atomic E-state index is 13.4. The number of pyridine rings is 1. The maximum Gasteiger partial charge on any atom is 0.356 e. The molecule has 1 aromatic carbocycles.